The number of aliphatic hydroxyl groups is 1. The fourth-order valence-electron chi connectivity index (χ4n) is 5.76. The maximum atomic E-state index is 12.9. The molecule has 0 radical (unpaired) electrons. The fourth-order valence-corrected chi connectivity index (χ4v) is 5.76. The highest BCUT2D eigenvalue weighted by atomic mass is 16.5. The SMILES string of the molecule is CCCC(=O)N1CCC(Cc2cc(C(=O)NC[C@H](O)CN3CCc4cc(OCc5cnco5)ccc4C3)ccn2)CC1. The number of ether oxygens (including phenoxy) is 1. The number of aromatic nitrogens is 2. The van der Waals surface area contributed by atoms with Crippen LogP contribution in [0.4, 0.5) is 0 Å². The summed E-state index contributed by atoms with van der Waals surface area (Å²) in [6, 6.07) is 9.65. The number of rotatable bonds is 12. The summed E-state index contributed by atoms with van der Waals surface area (Å²) in [6.45, 7) is 6.18. The lowest BCUT2D eigenvalue weighted by Crippen LogP contribution is -2.42. The molecule has 0 saturated carbocycles. The Balaban J connectivity index is 1.04. The van der Waals surface area contributed by atoms with Crippen molar-refractivity contribution in [2.24, 2.45) is 5.92 Å². The van der Waals surface area contributed by atoms with E-state index < -0.39 is 6.10 Å². The highest BCUT2D eigenvalue weighted by Crippen LogP contribution is 2.25. The molecule has 10 heteroatoms. The normalized spacial score (nSPS) is 16.6. The van der Waals surface area contributed by atoms with Gasteiger partial charge in [-0.15, -0.1) is 0 Å². The first-order valence-electron chi connectivity index (χ1n) is 15.0. The number of carbonyl (C=O) groups excluding carboxylic acids is 2. The van der Waals surface area contributed by atoms with E-state index in [0.717, 1.165) is 69.7 Å². The van der Waals surface area contributed by atoms with E-state index in [1.54, 1.807) is 18.5 Å². The lowest BCUT2D eigenvalue weighted by Gasteiger charge is -2.32. The second kappa shape index (κ2) is 14.4. The first-order chi connectivity index (χ1) is 20.5. The van der Waals surface area contributed by atoms with E-state index in [9.17, 15) is 14.7 Å². The molecule has 0 spiro atoms. The van der Waals surface area contributed by atoms with E-state index >= 15 is 0 Å². The van der Waals surface area contributed by atoms with Crippen LogP contribution in [0, 0.1) is 5.92 Å². The molecule has 10 nitrogen and oxygen atoms in total. The van der Waals surface area contributed by atoms with Crippen LogP contribution in [-0.4, -0.2) is 75.5 Å². The van der Waals surface area contributed by atoms with E-state index in [0.29, 0.717) is 36.8 Å². The molecular weight excluding hydrogens is 534 g/mol. The van der Waals surface area contributed by atoms with Gasteiger partial charge in [-0.3, -0.25) is 19.5 Å². The molecule has 2 amide bonds. The van der Waals surface area contributed by atoms with Crippen molar-refractivity contribution in [3.8, 4) is 5.75 Å². The number of β-amino-alcohol motifs (C(OH)–C–C–N with tert-alkyl or cyclic N) is 1. The minimum Gasteiger partial charge on any atom is -0.486 e. The number of carbonyl (C=O) groups is 2. The van der Waals surface area contributed by atoms with Gasteiger partial charge in [0.25, 0.3) is 5.91 Å². The van der Waals surface area contributed by atoms with E-state index in [-0.39, 0.29) is 18.4 Å². The quantitative estimate of drug-likeness (QED) is 0.337. The second-order valence-corrected chi connectivity index (χ2v) is 11.4. The predicted molar refractivity (Wildman–Crippen MR) is 157 cm³/mol. The number of nitrogens with zero attached hydrogens (tertiary/aromatic N) is 4. The van der Waals surface area contributed by atoms with Crippen molar-refractivity contribution in [1.29, 1.82) is 0 Å². The summed E-state index contributed by atoms with van der Waals surface area (Å²) in [4.78, 5) is 37.6. The zero-order valence-corrected chi connectivity index (χ0v) is 24.3. The Kier molecular flexibility index (Phi) is 10.2. The summed E-state index contributed by atoms with van der Waals surface area (Å²) < 4.78 is 11.0. The highest BCUT2D eigenvalue weighted by molar-refractivity contribution is 5.94. The molecule has 1 fully saturated rings. The van der Waals surface area contributed by atoms with Crippen molar-refractivity contribution in [2.45, 2.75) is 64.7 Å². The average Bonchev–Trinajstić information content (AvgIpc) is 3.53. The van der Waals surface area contributed by atoms with Crippen LogP contribution in [0.15, 0.2) is 53.5 Å². The van der Waals surface area contributed by atoms with Crippen LogP contribution >= 0.6 is 0 Å². The zero-order valence-electron chi connectivity index (χ0n) is 24.3. The summed E-state index contributed by atoms with van der Waals surface area (Å²) in [5, 5.41) is 13.6. The Hall–Kier alpha value is -3.76. The van der Waals surface area contributed by atoms with Gasteiger partial charge in [-0.1, -0.05) is 13.0 Å². The van der Waals surface area contributed by atoms with Crippen LogP contribution in [-0.2, 0) is 30.8 Å². The van der Waals surface area contributed by atoms with Crippen molar-refractivity contribution >= 4 is 11.8 Å². The van der Waals surface area contributed by atoms with E-state index in [2.05, 4.69) is 32.3 Å². The van der Waals surface area contributed by atoms with Gasteiger partial charge >= 0.3 is 0 Å². The smallest absolute Gasteiger partial charge is 0.251 e. The molecule has 0 aliphatic carbocycles. The first-order valence-corrected chi connectivity index (χ1v) is 15.0. The van der Waals surface area contributed by atoms with Gasteiger partial charge in [0.15, 0.2) is 12.2 Å². The van der Waals surface area contributed by atoms with E-state index in [1.807, 2.05) is 24.0 Å². The van der Waals surface area contributed by atoms with Crippen LogP contribution < -0.4 is 10.1 Å². The number of pyridine rings is 1. The molecule has 1 saturated heterocycles. The third-order valence-electron chi connectivity index (χ3n) is 8.11. The third-order valence-corrected chi connectivity index (χ3v) is 8.11. The molecule has 4 heterocycles. The second-order valence-electron chi connectivity index (χ2n) is 11.4. The number of hydrogen-bond donors (Lipinski definition) is 2. The molecule has 5 rings (SSSR count). The van der Waals surface area contributed by atoms with Gasteiger partial charge in [0.05, 0.1) is 12.3 Å². The average molecular weight is 576 g/mol. The number of likely N-dealkylation sites (tertiary alicyclic amines) is 1. The third kappa shape index (κ3) is 8.17. The molecule has 224 valence electrons. The Morgan fingerprint density at radius 3 is 2.81 bits per heavy atom. The maximum Gasteiger partial charge on any atom is 0.251 e. The summed E-state index contributed by atoms with van der Waals surface area (Å²) in [5.74, 6) is 1.97. The lowest BCUT2D eigenvalue weighted by atomic mass is 9.91. The standard InChI is InChI=1S/C32H41N5O5/c1-2-3-31(39)37-12-7-23(8-13-37)14-27-15-25(6-10-34-27)32(40)35-17-28(38)20-36-11-9-24-16-29(5-4-26(24)19-36)41-21-30-18-33-22-42-30/h4-6,10,15-16,18,22-23,28,38H,2-3,7-9,11-14,17,19-21H2,1H3,(H,35,40)/t28-/m0/s1. The molecule has 2 aliphatic rings. The molecular formula is C32H41N5O5. The fraction of sp³-hybridized carbons (Fsp3) is 0.500. The van der Waals surface area contributed by atoms with Gasteiger partial charge in [0.2, 0.25) is 5.91 Å². The molecule has 2 aromatic heterocycles. The van der Waals surface area contributed by atoms with E-state index in [1.165, 1.54) is 17.5 Å². The van der Waals surface area contributed by atoms with Gasteiger partial charge in [0.1, 0.15) is 12.4 Å². The summed E-state index contributed by atoms with van der Waals surface area (Å²) >= 11 is 0. The number of amides is 2. The van der Waals surface area contributed by atoms with E-state index in [4.69, 9.17) is 9.15 Å². The Morgan fingerprint density at radius 2 is 2.02 bits per heavy atom. The number of aliphatic hydroxyl groups excluding tert-OH is 1. The first kappa shape index (κ1) is 29.7. The van der Waals surface area contributed by atoms with Crippen LogP contribution in [0.25, 0.3) is 0 Å². The Bertz CT molecular complexity index is 1320. The Labute approximate surface area is 247 Å². The van der Waals surface area contributed by atoms with Crippen LogP contribution in [0.5, 0.6) is 5.75 Å². The van der Waals surface area contributed by atoms with Crippen LogP contribution in [0.2, 0.25) is 0 Å². The monoisotopic (exact) mass is 575 g/mol. The summed E-state index contributed by atoms with van der Waals surface area (Å²) in [6.07, 6.45) is 9.10. The highest BCUT2D eigenvalue weighted by Gasteiger charge is 2.23. The number of hydrogen-bond acceptors (Lipinski definition) is 8. The largest absolute Gasteiger partial charge is 0.486 e. The van der Waals surface area contributed by atoms with Crippen molar-refractivity contribution < 1.29 is 23.8 Å². The topological polar surface area (TPSA) is 121 Å². The Morgan fingerprint density at radius 1 is 1.17 bits per heavy atom. The molecule has 2 N–H and O–H groups in total. The molecule has 2 aliphatic heterocycles. The van der Waals surface area contributed by atoms with Gasteiger partial charge in [-0.25, -0.2) is 4.98 Å². The van der Waals surface area contributed by atoms with Crippen molar-refractivity contribution in [3.05, 3.63) is 77.3 Å². The maximum absolute atomic E-state index is 12.9. The van der Waals surface area contributed by atoms with Crippen LogP contribution in [0.3, 0.4) is 0 Å². The van der Waals surface area contributed by atoms with Crippen molar-refractivity contribution in [1.82, 2.24) is 25.1 Å². The molecule has 3 aromatic rings. The predicted octanol–water partition coefficient (Wildman–Crippen LogP) is 3.38. The zero-order chi connectivity index (χ0) is 29.3. The molecule has 0 unspecified atom stereocenters. The number of oxazole rings is 1. The minimum absolute atomic E-state index is 0.179. The molecule has 42 heavy (non-hydrogen) atoms. The van der Waals surface area contributed by atoms with Gasteiger partial charge in [0, 0.05) is 63.1 Å². The van der Waals surface area contributed by atoms with Crippen molar-refractivity contribution in [3.63, 3.8) is 0 Å². The van der Waals surface area contributed by atoms with Crippen LogP contribution in [0.1, 0.15) is 65.5 Å². The number of fused-ring (bicyclic) bond motifs is 1. The molecule has 0 bridgehead atoms. The molecule has 1 aromatic carbocycles. The summed E-state index contributed by atoms with van der Waals surface area (Å²) in [7, 11) is 0. The van der Waals surface area contributed by atoms with Gasteiger partial charge in [-0.2, -0.15) is 0 Å². The van der Waals surface area contributed by atoms with Gasteiger partial charge in [-0.05, 0) is 73.4 Å². The lowest BCUT2D eigenvalue weighted by molar-refractivity contribution is -0.132. The van der Waals surface area contributed by atoms with Crippen molar-refractivity contribution in [2.75, 3.05) is 32.7 Å². The summed E-state index contributed by atoms with van der Waals surface area (Å²) in [5.41, 5.74) is 3.90. The number of nitrogens with one attached hydrogen (secondary N) is 1. The number of piperidine rings is 1. The molecule has 1 atom stereocenters. The number of benzene rings is 1. The van der Waals surface area contributed by atoms with Gasteiger partial charge < -0.3 is 24.5 Å². The minimum atomic E-state index is -0.679.